The first-order chi connectivity index (χ1) is 5.89. The second-order valence-electron chi connectivity index (χ2n) is 3.74. The first kappa shape index (κ1) is 9.64. The Balaban J connectivity index is 2.81. The van der Waals surface area contributed by atoms with Gasteiger partial charge in [0.15, 0.2) is 0 Å². The third-order valence-corrected chi connectivity index (χ3v) is 1.51. The summed E-state index contributed by atoms with van der Waals surface area (Å²) in [7, 11) is 0. The Morgan fingerprint density at radius 1 is 1.46 bits per heavy atom. The van der Waals surface area contributed by atoms with Crippen LogP contribution in [0.1, 0.15) is 26.5 Å². The number of carboxylic acid groups (broad SMARTS) is 1. The summed E-state index contributed by atoms with van der Waals surface area (Å²) < 4.78 is 9.50. The van der Waals surface area contributed by atoms with E-state index in [0.29, 0.717) is 5.76 Å². The molecule has 72 valence electrons. The number of carbonyl (C=O) groups is 1. The summed E-state index contributed by atoms with van der Waals surface area (Å²) in [6, 6.07) is 3.20. The van der Waals surface area contributed by atoms with E-state index in [0.717, 1.165) is 0 Å². The van der Waals surface area contributed by atoms with E-state index in [1.165, 1.54) is 6.07 Å². The highest BCUT2D eigenvalue weighted by Gasteiger charge is 2.19. The van der Waals surface area contributed by atoms with Crippen molar-refractivity contribution < 1.29 is 19.1 Å². The molecular formula is C9H12O4. The van der Waals surface area contributed by atoms with Crippen molar-refractivity contribution in [2.75, 3.05) is 0 Å². The van der Waals surface area contributed by atoms with Gasteiger partial charge in [-0.3, -0.25) is 0 Å². The van der Waals surface area contributed by atoms with Gasteiger partial charge in [0.2, 0.25) is 0 Å². The van der Waals surface area contributed by atoms with Gasteiger partial charge in [-0.25, -0.2) is 4.79 Å². The van der Waals surface area contributed by atoms with Gasteiger partial charge in [0.25, 0.3) is 5.95 Å². The molecule has 0 fully saturated rings. The molecule has 0 atom stereocenters. The molecule has 0 saturated carbocycles. The van der Waals surface area contributed by atoms with Gasteiger partial charge in [0, 0.05) is 11.5 Å². The van der Waals surface area contributed by atoms with Gasteiger partial charge in [0.05, 0.1) is 0 Å². The first-order valence-corrected chi connectivity index (χ1v) is 3.90. The van der Waals surface area contributed by atoms with Crippen molar-refractivity contribution in [2.24, 2.45) is 0 Å². The molecule has 0 unspecified atom stereocenters. The fourth-order valence-electron chi connectivity index (χ4n) is 0.864. The van der Waals surface area contributed by atoms with Gasteiger partial charge in [-0.05, 0) is 6.07 Å². The van der Waals surface area contributed by atoms with Gasteiger partial charge in [-0.2, -0.15) is 0 Å². The van der Waals surface area contributed by atoms with Crippen molar-refractivity contribution in [3.05, 3.63) is 17.9 Å². The summed E-state index contributed by atoms with van der Waals surface area (Å²) in [5, 5.41) is 8.30. The molecule has 0 spiro atoms. The van der Waals surface area contributed by atoms with Crippen molar-refractivity contribution in [3.63, 3.8) is 0 Å². The molecular weight excluding hydrogens is 172 g/mol. The number of ether oxygens (including phenoxy) is 1. The lowest BCUT2D eigenvalue weighted by Gasteiger charge is -2.13. The van der Waals surface area contributed by atoms with Crippen molar-refractivity contribution >= 4 is 6.16 Å². The van der Waals surface area contributed by atoms with Crippen molar-refractivity contribution in [1.82, 2.24) is 0 Å². The summed E-state index contributed by atoms with van der Waals surface area (Å²) >= 11 is 0. The highest BCUT2D eigenvalue weighted by atomic mass is 16.7. The maximum absolute atomic E-state index is 10.1. The van der Waals surface area contributed by atoms with Crippen molar-refractivity contribution in [3.8, 4) is 5.95 Å². The molecule has 0 radical (unpaired) electrons. The Kier molecular flexibility index (Phi) is 2.32. The Labute approximate surface area is 76.1 Å². The largest absolute Gasteiger partial charge is 0.513 e. The van der Waals surface area contributed by atoms with E-state index in [4.69, 9.17) is 9.52 Å². The molecule has 0 aromatic carbocycles. The van der Waals surface area contributed by atoms with Gasteiger partial charge in [-0.15, -0.1) is 0 Å². The number of hydrogen-bond donors (Lipinski definition) is 1. The van der Waals surface area contributed by atoms with Crippen LogP contribution in [-0.2, 0) is 5.41 Å². The van der Waals surface area contributed by atoms with Crippen LogP contribution in [-0.4, -0.2) is 11.3 Å². The molecule has 0 aliphatic heterocycles. The van der Waals surface area contributed by atoms with E-state index in [1.54, 1.807) is 6.07 Å². The summed E-state index contributed by atoms with van der Waals surface area (Å²) in [4.78, 5) is 10.1. The lowest BCUT2D eigenvalue weighted by atomic mass is 9.94. The van der Waals surface area contributed by atoms with Crippen LogP contribution in [0.2, 0.25) is 0 Å². The van der Waals surface area contributed by atoms with Crippen LogP contribution >= 0.6 is 0 Å². The lowest BCUT2D eigenvalue weighted by molar-refractivity contribution is 0.131. The van der Waals surface area contributed by atoms with E-state index < -0.39 is 6.16 Å². The predicted molar refractivity (Wildman–Crippen MR) is 46.1 cm³/mol. The van der Waals surface area contributed by atoms with Crippen LogP contribution < -0.4 is 4.74 Å². The normalized spacial score (nSPS) is 11.3. The molecule has 13 heavy (non-hydrogen) atoms. The molecule has 1 aromatic heterocycles. The zero-order valence-electron chi connectivity index (χ0n) is 7.83. The van der Waals surface area contributed by atoms with Crippen molar-refractivity contribution in [2.45, 2.75) is 26.2 Å². The van der Waals surface area contributed by atoms with E-state index >= 15 is 0 Å². The SMILES string of the molecule is CC(C)(C)c1ccc(OC(=O)O)o1. The summed E-state index contributed by atoms with van der Waals surface area (Å²) in [5.41, 5.74) is -0.139. The number of furan rings is 1. The lowest BCUT2D eigenvalue weighted by Crippen LogP contribution is -2.09. The monoisotopic (exact) mass is 184 g/mol. The minimum atomic E-state index is -1.37. The fraction of sp³-hybridized carbons (Fsp3) is 0.444. The number of rotatable bonds is 1. The minimum absolute atomic E-state index is 0.0115. The van der Waals surface area contributed by atoms with E-state index in [9.17, 15) is 4.79 Å². The van der Waals surface area contributed by atoms with Crippen LogP contribution in [0, 0.1) is 0 Å². The zero-order chi connectivity index (χ0) is 10.1. The second-order valence-corrected chi connectivity index (χ2v) is 3.74. The molecule has 1 aromatic rings. The third kappa shape index (κ3) is 2.50. The number of hydrogen-bond acceptors (Lipinski definition) is 3. The predicted octanol–water partition coefficient (Wildman–Crippen LogP) is 2.63. The molecule has 0 bridgehead atoms. The van der Waals surface area contributed by atoms with Gasteiger partial charge in [0.1, 0.15) is 5.76 Å². The highest BCUT2D eigenvalue weighted by molar-refractivity contribution is 5.59. The molecule has 1 heterocycles. The average Bonchev–Trinajstić information content (AvgIpc) is 2.32. The van der Waals surface area contributed by atoms with Crippen LogP contribution in [0.4, 0.5) is 4.79 Å². The summed E-state index contributed by atoms with van der Waals surface area (Å²) in [6.45, 7) is 5.91. The smallest absolute Gasteiger partial charge is 0.449 e. The minimum Gasteiger partial charge on any atom is -0.449 e. The summed E-state index contributed by atoms with van der Waals surface area (Å²) in [5.74, 6) is 0.709. The van der Waals surface area contributed by atoms with Crippen LogP contribution in [0.15, 0.2) is 16.5 Å². The quantitative estimate of drug-likeness (QED) is 0.681. The van der Waals surface area contributed by atoms with Gasteiger partial charge >= 0.3 is 6.16 Å². The van der Waals surface area contributed by atoms with E-state index in [-0.39, 0.29) is 11.4 Å². The van der Waals surface area contributed by atoms with E-state index in [2.05, 4.69) is 4.74 Å². The first-order valence-electron chi connectivity index (χ1n) is 3.90. The van der Waals surface area contributed by atoms with Gasteiger partial charge < -0.3 is 14.3 Å². The topological polar surface area (TPSA) is 59.7 Å². The zero-order valence-corrected chi connectivity index (χ0v) is 7.83. The molecule has 0 amide bonds. The maximum Gasteiger partial charge on any atom is 0.513 e. The molecule has 0 aliphatic carbocycles. The maximum atomic E-state index is 10.1. The second kappa shape index (κ2) is 3.12. The van der Waals surface area contributed by atoms with Crippen molar-refractivity contribution in [1.29, 1.82) is 0 Å². The molecule has 4 nitrogen and oxygen atoms in total. The Morgan fingerprint density at radius 2 is 2.08 bits per heavy atom. The summed E-state index contributed by atoms with van der Waals surface area (Å²) in [6.07, 6.45) is -1.37. The Morgan fingerprint density at radius 3 is 2.46 bits per heavy atom. The van der Waals surface area contributed by atoms with Gasteiger partial charge in [-0.1, -0.05) is 20.8 Å². The molecule has 0 aliphatic rings. The fourth-order valence-corrected chi connectivity index (χ4v) is 0.864. The third-order valence-electron chi connectivity index (χ3n) is 1.51. The van der Waals surface area contributed by atoms with Crippen LogP contribution in [0.3, 0.4) is 0 Å². The van der Waals surface area contributed by atoms with Crippen LogP contribution in [0.25, 0.3) is 0 Å². The Bertz CT molecular complexity index is 306. The Hall–Kier alpha value is -1.45. The molecule has 1 rings (SSSR count). The molecule has 0 saturated heterocycles. The molecule has 4 heteroatoms. The van der Waals surface area contributed by atoms with E-state index in [1.807, 2.05) is 20.8 Å². The standard InChI is InChI=1S/C9H12O4/c1-9(2,3)6-4-5-7(12-6)13-8(10)11/h4-5H,1-3H3,(H,10,11). The molecule has 1 N–H and O–H groups in total. The highest BCUT2D eigenvalue weighted by Crippen LogP contribution is 2.27. The average molecular weight is 184 g/mol. The van der Waals surface area contributed by atoms with Crippen LogP contribution in [0.5, 0.6) is 5.95 Å².